The lowest BCUT2D eigenvalue weighted by Crippen LogP contribution is -2.40. The first-order valence-electron chi connectivity index (χ1n) is 5.48. The van der Waals surface area contributed by atoms with E-state index in [4.69, 9.17) is 4.74 Å². The van der Waals surface area contributed by atoms with Gasteiger partial charge in [0.2, 0.25) is 0 Å². The average molecular weight is 218 g/mol. The fourth-order valence-electron chi connectivity index (χ4n) is 1.09. The van der Waals surface area contributed by atoms with Crippen LogP contribution in [0.5, 0.6) is 0 Å². The van der Waals surface area contributed by atoms with E-state index in [1.165, 1.54) is 0 Å². The Labute approximate surface area is 91.2 Å². The molecule has 0 aliphatic heterocycles. The van der Waals surface area contributed by atoms with E-state index in [1.54, 1.807) is 0 Å². The Balaban J connectivity index is 3.32. The zero-order valence-electron chi connectivity index (χ0n) is 9.58. The molecule has 0 aromatic carbocycles. The van der Waals surface area contributed by atoms with E-state index < -0.39 is 6.10 Å². The van der Waals surface area contributed by atoms with Gasteiger partial charge in [-0.15, -0.1) is 0 Å². The predicted molar refractivity (Wildman–Crippen MR) is 58.8 cm³/mol. The van der Waals surface area contributed by atoms with Crippen molar-refractivity contribution in [2.24, 2.45) is 0 Å². The highest BCUT2D eigenvalue weighted by molar-refractivity contribution is 5.73. The molecule has 0 rings (SSSR count). The first kappa shape index (κ1) is 14.2. The molecule has 15 heavy (non-hydrogen) atoms. The van der Waals surface area contributed by atoms with Crippen molar-refractivity contribution in [3.05, 3.63) is 0 Å². The van der Waals surface area contributed by atoms with E-state index in [-0.39, 0.29) is 6.03 Å². The molecule has 0 radical (unpaired) electrons. The topological polar surface area (TPSA) is 70.6 Å². The number of aliphatic hydroxyl groups excluding tert-OH is 1. The number of urea groups is 1. The van der Waals surface area contributed by atoms with Gasteiger partial charge >= 0.3 is 6.03 Å². The summed E-state index contributed by atoms with van der Waals surface area (Å²) in [6.45, 7) is 5.85. The second-order valence-electron chi connectivity index (χ2n) is 3.28. The molecular formula is C10H22N2O3. The van der Waals surface area contributed by atoms with Gasteiger partial charge in [-0.25, -0.2) is 4.79 Å². The van der Waals surface area contributed by atoms with Gasteiger partial charge in [-0.1, -0.05) is 13.3 Å². The number of carbonyl (C=O) groups is 1. The van der Waals surface area contributed by atoms with Crippen LogP contribution in [0.15, 0.2) is 0 Å². The van der Waals surface area contributed by atoms with Gasteiger partial charge in [0, 0.05) is 19.7 Å². The number of carbonyl (C=O) groups excluding carboxylic acids is 1. The summed E-state index contributed by atoms with van der Waals surface area (Å²) in [4.78, 5) is 11.1. The number of rotatable bonds is 8. The second-order valence-corrected chi connectivity index (χ2v) is 3.28. The van der Waals surface area contributed by atoms with Gasteiger partial charge in [-0.05, 0) is 13.3 Å². The second kappa shape index (κ2) is 9.73. The summed E-state index contributed by atoms with van der Waals surface area (Å²) >= 11 is 0. The first-order chi connectivity index (χ1) is 7.20. The summed E-state index contributed by atoms with van der Waals surface area (Å²) < 4.78 is 5.06. The molecule has 2 amide bonds. The van der Waals surface area contributed by atoms with Gasteiger partial charge in [0.05, 0.1) is 12.7 Å². The highest BCUT2D eigenvalue weighted by Gasteiger charge is 2.04. The van der Waals surface area contributed by atoms with Gasteiger partial charge < -0.3 is 20.5 Å². The van der Waals surface area contributed by atoms with Gasteiger partial charge in [0.15, 0.2) is 0 Å². The van der Waals surface area contributed by atoms with Crippen molar-refractivity contribution in [3.8, 4) is 0 Å². The van der Waals surface area contributed by atoms with Crippen molar-refractivity contribution in [1.82, 2.24) is 10.6 Å². The van der Waals surface area contributed by atoms with Crippen molar-refractivity contribution < 1.29 is 14.6 Å². The third-order valence-corrected chi connectivity index (χ3v) is 1.86. The Kier molecular flexibility index (Phi) is 9.21. The molecule has 0 saturated carbocycles. The molecule has 0 saturated heterocycles. The number of ether oxygens (including phenoxy) is 1. The molecule has 3 N–H and O–H groups in total. The standard InChI is InChI=1S/C10H22N2O3/c1-3-5-9(13)8-12-10(14)11-6-7-15-4-2/h9,13H,3-8H2,1-2H3,(H2,11,12,14). The lowest BCUT2D eigenvalue weighted by Gasteiger charge is -2.11. The molecule has 0 heterocycles. The molecule has 90 valence electrons. The van der Waals surface area contributed by atoms with Crippen molar-refractivity contribution in [2.75, 3.05) is 26.3 Å². The van der Waals surface area contributed by atoms with Gasteiger partial charge in [-0.3, -0.25) is 0 Å². The minimum Gasteiger partial charge on any atom is -0.391 e. The Morgan fingerprint density at radius 2 is 2.13 bits per heavy atom. The third kappa shape index (κ3) is 9.49. The molecule has 1 unspecified atom stereocenters. The van der Waals surface area contributed by atoms with Crippen molar-refractivity contribution in [3.63, 3.8) is 0 Å². The fraction of sp³-hybridized carbons (Fsp3) is 0.900. The van der Waals surface area contributed by atoms with Crippen LogP contribution in [0.25, 0.3) is 0 Å². The van der Waals surface area contributed by atoms with Gasteiger partial charge in [0.1, 0.15) is 0 Å². The predicted octanol–water partition coefficient (Wildman–Crippen LogP) is 0.483. The van der Waals surface area contributed by atoms with E-state index in [1.807, 2.05) is 13.8 Å². The first-order valence-corrected chi connectivity index (χ1v) is 5.48. The monoisotopic (exact) mass is 218 g/mol. The third-order valence-electron chi connectivity index (χ3n) is 1.86. The summed E-state index contributed by atoms with van der Waals surface area (Å²) in [6.07, 6.45) is 1.17. The highest BCUT2D eigenvalue weighted by Crippen LogP contribution is 1.93. The molecule has 0 spiro atoms. The maximum absolute atomic E-state index is 11.1. The molecule has 0 aromatic rings. The zero-order chi connectivity index (χ0) is 11.5. The Bertz CT molecular complexity index is 165. The lowest BCUT2D eigenvalue weighted by molar-refractivity contribution is 0.147. The number of amides is 2. The van der Waals surface area contributed by atoms with Crippen LogP contribution in [0, 0.1) is 0 Å². The molecule has 1 atom stereocenters. The number of nitrogens with one attached hydrogen (secondary N) is 2. The van der Waals surface area contributed by atoms with Crippen molar-refractivity contribution in [1.29, 1.82) is 0 Å². The normalized spacial score (nSPS) is 12.2. The molecule has 5 nitrogen and oxygen atoms in total. The summed E-state index contributed by atoms with van der Waals surface area (Å²) in [5.74, 6) is 0. The molecule has 0 aromatic heterocycles. The largest absolute Gasteiger partial charge is 0.391 e. The summed E-state index contributed by atoms with van der Waals surface area (Å²) in [6, 6.07) is -0.259. The number of aliphatic hydroxyl groups is 1. The molecular weight excluding hydrogens is 196 g/mol. The van der Waals surface area contributed by atoms with Crippen molar-refractivity contribution >= 4 is 6.03 Å². The zero-order valence-corrected chi connectivity index (χ0v) is 9.58. The SMILES string of the molecule is CCCC(O)CNC(=O)NCCOCC. The smallest absolute Gasteiger partial charge is 0.314 e. The van der Waals surface area contributed by atoms with Crippen LogP contribution < -0.4 is 10.6 Å². The molecule has 0 aliphatic rings. The summed E-state index contributed by atoms with van der Waals surface area (Å²) in [5, 5.41) is 14.6. The molecule has 5 heteroatoms. The van der Waals surface area contributed by atoms with Crippen LogP contribution in [0.2, 0.25) is 0 Å². The number of hydrogen-bond donors (Lipinski definition) is 3. The van der Waals surface area contributed by atoms with Gasteiger partial charge in [-0.2, -0.15) is 0 Å². The van der Waals surface area contributed by atoms with E-state index in [0.717, 1.165) is 6.42 Å². The molecule has 0 aliphatic carbocycles. The van der Waals surface area contributed by atoms with Gasteiger partial charge in [0.25, 0.3) is 0 Å². The minimum atomic E-state index is -0.451. The maximum atomic E-state index is 11.1. The summed E-state index contributed by atoms with van der Waals surface area (Å²) in [7, 11) is 0. The maximum Gasteiger partial charge on any atom is 0.314 e. The highest BCUT2D eigenvalue weighted by atomic mass is 16.5. The lowest BCUT2D eigenvalue weighted by atomic mass is 10.2. The van der Waals surface area contributed by atoms with E-state index >= 15 is 0 Å². The van der Waals surface area contributed by atoms with Crippen LogP contribution in [0.3, 0.4) is 0 Å². The quantitative estimate of drug-likeness (QED) is 0.519. The average Bonchev–Trinajstić information content (AvgIpc) is 2.22. The Morgan fingerprint density at radius 3 is 2.73 bits per heavy atom. The van der Waals surface area contributed by atoms with Crippen LogP contribution in [0.1, 0.15) is 26.7 Å². The Morgan fingerprint density at radius 1 is 1.40 bits per heavy atom. The van der Waals surface area contributed by atoms with E-state index in [9.17, 15) is 9.90 Å². The minimum absolute atomic E-state index is 0.259. The Hall–Kier alpha value is -0.810. The molecule has 0 fully saturated rings. The van der Waals surface area contributed by atoms with Crippen LogP contribution in [-0.4, -0.2) is 43.5 Å². The van der Waals surface area contributed by atoms with Crippen LogP contribution >= 0.6 is 0 Å². The fourth-order valence-corrected chi connectivity index (χ4v) is 1.09. The number of hydrogen-bond acceptors (Lipinski definition) is 3. The van der Waals surface area contributed by atoms with Crippen LogP contribution in [-0.2, 0) is 4.74 Å². The molecule has 0 bridgehead atoms. The summed E-state index contributed by atoms with van der Waals surface area (Å²) in [5.41, 5.74) is 0. The van der Waals surface area contributed by atoms with Crippen molar-refractivity contribution in [2.45, 2.75) is 32.8 Å². The van der Waals surface area contributed by atoms with E-state index in [2.05, 4.69) is 10.6 Å². The van der Waals surface area contributed by atoms with E-state index in [0.29, 0.717) is 32.7 Å². The van der Waals surface area contributed by atoms with Crippen LogP contribution in [0.4, 0.5) is 4.79 Å².